The average Bonchev–Trinajstić information content (AvgIpc) is 1.59. The highest BCUT2D eigenvalue weighted by Gasteiger charge is 2.52. The van der Waals surface area contributed by atoms with Gasteiger partial charge in [0.25, 0.3) is 35.4 Å². The summed E-state index contributed by atoms with van der Waals surface area (Å²) in [5.74, 6) is -5.03. The van der Waals surface area contributed by atoms with Crippen molar-refractivity contribution in [1.29, 1.82) is 11.1 Å². The van der Waals surface area contributed by atoms with Gasteiger partial charge in [-0.25, -0.2) is 43.6 Å². The molecule has 4 aliphatic rings. The number of anilines is 5. The first-order chi connectivity index (χ1) is 49.8. The average molecular weight is 1490 g/mol. The highest BCUT2D eigenvalue weighted by Crippen LogP contribution is 2.41. The summed E-state index contributed by atoms with van der Waals surface area (Å²) < 4.78 is 48.6. The standard InChI is InChI=1S/C27H20FN5O3S.C19H18FN5OS.C19H18FN3O4.C9H6N2S.H2N2.H2O.H2/c1-15-11-16(9-10-21(15)29-4)32-25(36)27(2,3)33(26(32)37)17-12-20(28)22(30-13-17)14-31-23(34)18-7-5-6-8-19(18)24(31)35;1-11-7-12(5-6-15(11)22-4)24-17(26)19(2,3)25(18(24)27)13-8-14(20)16(9-21)23-10-13;1-19(2,18(26)27-3)22-11-8-14(20)15(21-9-11)10-23-16(24)12-6-4-5-7-13(12)17(23)25;1-7-5-8(11-6-12)3-4-9(7)10-2;1-2;;/h5-13H,14H2,1-3H3;5-8,10H,9,21H2,1-3H3;4-9,22H,10H2,1-3H3;3-5H,1H3;1-2H;1H2;1H. The molecule has 6 amide bonds. The SMILES string of the molecule is COC(=O)C(C)(C)Nc1cnc(CN2C(=O)c3ccccc3C2=O)c(F)c1.N=N.O.[C-]#[N+]c1ccc(N2C(=O)C(C)(C)N(c3cnc(CN)c(F)c3)C2=S)cc1C.[C-]#[N+]c1ccc(N2C(=O)C(C)(C)N(c3cnc(CN4C(=O)c5ccccc5C4=O)c(F)c3)C2=S)cc1C.[C-]#[N+]c1ccc(N=C=S)cc1C.[HH]. The normalized spacial score (nSPS) is 14.3. The Morgan fingerprint density at radius 2 is 0.953 bits per heavy atom. The summed E-state index contributed by atoms with van der Waals surface area (Å²) in [5, 5.41) is 5.48. The van der Waals surface area contributed by atoms with E-state index in [1.54, 1.807) is 157 Å². The zero-order chi connectivity index (χ0) is 77.3. The molecule has 32 heteroatoms. The fraction of sp³-hybridized carbons (Fsp3) is 0.216. The summed E-state index contributed by atoms with van der Waals surface area (Å²) in [6.45, 7) is 36.0. The van der Waals surface area contributed by atoms with E-state index in [1.165, 1.54) is 52.5 Å². The Bertz CT molecular complexity index is 5070. The number of aromatic nitrogens is 3. The quantitative estimate of drug-likeness (QED) is 0.0208. The summed E-state index contributed by atoms with van der Waals surface area (Å²) in [6, 6.07) is 31.9. The smallest absolute Gasteiger partial charge is 0.330 e. The molecule has 542 valence electrons. The summed E-state index contributed by atoms with van der Waals surface area (Å²) >= 11 is 15.7. The van der Waals surface area contributed by atoms with Crippen LogP contribution in [0.4, 0.5) is 64.4 Å². The van der Waals surface area contributed by atoms with E-state index < -0.39 is 63.7 Å². The Hall–Kier alpha value is -12.6. The van der Waals surface area contributed by atoms with Gasteiger partial charge in [0.2, 0.25) is 0 Å². The van der Waals surface area contributed by atoms with Gasteiger partial charge in [0.15, 0.2) is 27.3 Å². The molecule has 8 aromatic rings. The second-order valence-electron chi connectivity index (χ2n) is 24.9. The number of aryl methyl sites for hydroxylation is 3. The third-order valence-corrected chi connectivity index (χ3v) is 17.7. The molecule has 106 heavy (non-hydrogen) atoms. The monoisotopic (exact) mass is 1490 g/mol. The van der Waals surface area contributed by atoms with Gasteiger partial charge in [0.05, 0.1) is 126 Å². The van der Waals surface area contributed by atoms with Crippen LogP contribution < -0.4 is 30.7 Å². The first-order valence-corrected chi connectivity index (χ1v) is 32.6. The summed E-state index contributed by atoms with van der Waals surface area (Å²) in [6.07, 6.45) is 4.17. The molecule has 7 N–H and O–H groups in total. The molecular formula is C74H68F3N17O9S3. The lowest BCUT2D eigenvalue weighted by Crippen LogP contribution is -2.44. The van der Waals surface area contributed by atoms with Crippen LogP contribution >= 0.6 is 36.7 Å². The molecule has 0 spiro atoms. The van der Waals surface area contributed by atoms with Gasteiger partial charge in [-0.2, -0.15) is 4.99 Å². The Kier molecular flexibility index (Phi) is 25.3. The molecule has 2 fully saturated rings. The van der Waals surface area contributed by atoms with Crippen LogP contribution in [0.2, 0.25) is 0 Å². The number of isothiocyanates is 1. The van der Waals surface area contributed by atoms with Crippen molar-refractivity contribution < 1.29 is 58.4 Å². The molecule has 12 rings (SSSR count). The molecule has 0 radical (unpaired) electrons. The van der Waals surface area contributed by atoms with Gasteiger partial charge in [0, 0.05) is 37.5 Å². The number of methoxy groups -OCH3 is 1. The molecule has 0 atom stereocenters. The van der Waals surface area contributed by atoms with Crippen LogP contribution in [0.1, 0.15) is 118 Å². The highest BCUT2D eigenvalue weighted by atomic mass is 32.1. The number of fused-ring (bicyclic) bond motifs is 2. The number of nitrogens with two attached hydrogens (primary N) is 1. The van der Waals surface area contributed by atoms with Crippen molar-refractivity contribution in [3.63, 3.8) is 0 Å². The van der Waals surface area contributed by atoms with Gasteiger partial charge in [0.1, 0.15) is 34.1 Å². The minimum atomic E-state index is -1.15. The third kappa shape index (κ3) is 16.1. The number of nitrogens with zero attached hydrogens (tertiary/aromatic N) is 13. The van der Waals surface area contributed by atoms with Gasteiger partial charge in [-0.3, -0.25) is 63.3 Å². The van der Waals surface area contributed by atoms with E-state index in [4.69, 9.17) is 60.9 Å². The van der Waals surface area contributed by atoms with E-state index >= 15 is 4.39 Å². The first kappa shape index (κ1) is 80.7. The van der Waals surface area contributed by atoms with E-state index in [0.717, 1.165) is 32.7 Å². The zero-order valence-corrected chi connectivity index (χ0v) is 60.9. The van der Waals surface area contributed by atoms with E-state index in [0.29, 0.717) is 50.8 Å². The molecule has 0 aliphatic carbocycles. The molecule has 0 saturated carbocycles. The second-order valence-corrected chi connectivity index (χ2v) is 25.8. The van der Waals surface area contributed by atoms with Gasteiger partial charge in [-0.15, -0.1) is 0 Å². The van der Waals surface area contributed by atoms with Crippen molar-refractivity contribution in [2.24, 2.45) is 10.7 Å². The predicted octanol–water partition coefficient (Wildman–Crippen LogP) is 13.9. The topological polar surface area (TPSA) is 330 Å². The number of amides is 6. The van der Waals surface area contributed by atoms with Gasteiger partial charge in [-0.1, -0.05) is 42.5 Å². The van der Waals surface area contributed by atoms with E-state index in [-0.39, 0.29) is 88.2 Å². The van der Waals surface area contributed by atoms with Crippen molar-refractivity contribution >= 4 is 145 Å². The van der Waals surface area contributed by atoms with E-state index in [2.05, 4.69) is 61.9 Å². The van der Waals surface area contributed by atoms with Crippen molar-refractivity contribution in [3.05, 3.63) is 248 Å². The third-order valence-electron chi connectivity index (χ3n) is 16.9. The van der Waals surface area contributed by atoms with Crippen LogP contribution in [0.15, 0.2) is 145 Å². The Labute approximate surface area is 624 Å². The number of hydrogen-bond donors (Lipinski definition) is 4. The second kappa shape index (κ2) is 33.2. The Balaban J connectivity index is 0.000000231. The first-order valence-electron chi connectivity index (χ1n) is 31.4. The number of benzene rings is 5. The zero-order valence-electron chi connectivity index (χ0n) is 58.4. The van der Waals surface area contributed by atoms with Crippen LogP contribution in [0.5, 0.6) is 0 Å². The van der Waals surface area contributed by atoms with Crippen LogP contribution in [-0.4, -0.2) is 111 Å². The number of hydrogen-bond acceptors (Lipinski definition) is 19. The number of esters is 1. The molecule has 26 nitrogen and oxygen atoms in total. The minimum absolute atomic E-state index is 0. The number of carbonyl (C=O) groups is 7. The molecule has 7 heterocycles. The maximum atomic E-state index is 15.3. The summed E-state index contributed by atoms with van der Waals surface area (Å²) in [7, 11) is 1.26. The van der Waals surface area contributed by atoms with Crippen LogP contribution in [0.25, 0.3) is 14.5 Å². The maximum Gasteiger partial charge on any atom is 0.330 e. The molecular weight excluding hydrogens is 1420 g/mol. The van der Waals surface area contributed by atoms with Crippen LogP contribution in [0, 0.1) is 69.0 Å². The minimum Gasteiger partial charge on any atom is -0.467 e. The van der Waals surface area contributed by atoms with Crippen molar-refractivity contribution in [2.45, 2.75) is 98.6 Å². The lowest BCUT2D eigenvalue weighted by atomic mass is 10.0. The molecule has 3 aromatic heterocycles. The number of pyridine rings is 3. The van der Waals surface area contributed by atoms with Crippen molar-refractivity contribution in [3.8, 4) is 0 Å². The van der Waals surface area contributed by atoms with Crippen LogP contribution in [0.3, 0.4) is 0 Å². The molecule has 0 bridgehead atoms. The van der Waals surface area contributed by atoms with E-state index in [9.17, 15) is 42.3 Å². The number of carbonyl (C=O) groups excluding carboxylic acids is 7. The van der Waals surface area contributed by atoms with Crippen molar-refractivity contribution in [2.75, 3.05) is 32.0 Å². The number of nitrogens with one attached hydrogen (secondary N) is 3. The summed E-state index contributed by atoms with van der Waals surface area (Å²) in [4.78, 5) is 122. The molecule has 0 unspecified atom stereocenters. The number of rotatable bonds is 13. The van der Waals surface area contributed by atoms with Gasteiger partial charge >= 0.3 is 5.97 Å². The predicted molar refractivity (Wildman–Crippen MR) is 403 cm³/mol. The number of aliphatic imine (C=N–C) groups is 1. The maximum absolute atomic E-state index is 15.3. The number of thiocarbonyl (C=S) groups is 3. The Morgan fingerprint density at radius 1 is 0.594 bits per heavy atom. The van der Waals surface area contributed by atoms with E-state index in [1.807, 2.05) is 13.0 Å². The lowest BCUT2D eigenvalue weighted by Gasteiger charge is -2.29. The molecule has 2 saturated heterocycles. The van der Waals surface area contributed by atoms with Gasteiger partial charge < -0.3 is 31.1 Å². The molecule has 4 aliphatic heterocycles. The lowest BCUT2D eigenvalue weighted by molar-refractivity contribution is -0.144. The number of halogens is 3. The largest absolute Gasteiger partial charge is 0.467 e. The highest BCUT2D eigenvalue weighted by molar-refractivity contribution is 7.81. The number of imide groups is 2. The van der Waals surface area contributed by atoms with Crippen molar-refractivity contribution in [1.82, 2.24) is 24.8 Å². The Morgan fingerprint density at radius 3 is 1.28 bits per heavy atom. The molecule has 5 aromatic carbocycles. The summed E-state index contributed by atoms with van der Waals surface area (Å²) in [5.41, 5.74) is 20.1. The number of ether oxygens (including phenoxy) is 1. The van der Waals surface area contributed by atoms with Crippen LogP contribution in [-0.2, 0) is 38.8 Å². The fourth-order valence-electron chi connectivity index (χ4n) is 11.4. The van der Waals surface area contributed by atoms with Gasteiger partial charge in [-0.05, 0) is 176 Å². The fourth-order valence-corrected chi connectivity index (χ4v) is 12.6.